The van der Waals surface area contributed by atoms with Crippen LogP contribution in [0.5, 0.6) is 17.2 Å². The van der Waals surface area contributed by atoms with E-state index >= 15 is 0 Å². The lowest BCUT2D eigenvalue weighted by molar-refractivity contribution is 0.102. The van der Waals surface area contributed by atoms with Crippen molar-refractivity contribution in [3.63, 3.8) is 0 Å². The maximum absolute atomic E-state index is 12.8. The predicted octanol–water partition coefficient (Wildman–Crippen LogP) is 4.65. The van der Waals surface area contributed by atoms with Crippen LogP contribution in [0.4, 0.5) is 5.13 Å². The summed E-state index contributed by atoms with van der Waals surface area (Å²) >= 11 is 4.84. The molecule has 0 saturated carbocycles. The third-order valence-electron chi connectivity index (χ3n) is 3.78. The summed E-state index contributed by atoms with van der Waals surface area (Å²) in [5.41, 5.74) is 2.35. The monoisotopic (exact) mass is 436 g/mol. The van der Waals surface area contributed by atoms with Crippen LogP contribution >= 0.6 is 27.3 Å². The highest BCUT2D eigenvalue weighted by atomic mass is 79.9. The van der Waals surface area contributed by atoms with E-state index in [1.54, 1.807) is 6.07 Å². The minimum atomic E-state index is -0.327. The number of rotatable bonds is 5. The quantitative estimate of drug-likeness (QED) is 0.630. The molecule has 0 aliphatic heterocycles. The number of carbonyl (C=O) groups excluding carboxylic acids is 1. The number of nitrogens with one attached hydrogen (secondary N) is 1. The number of fused-ring (bicyclic) bond motifs is 1. The molecule has 26 heavy (non-hydrogen) atoms. The first kappa shape index (κ1) is 18.5. The van der Waals surface area contributed by atoms with Gasteiger partial charge in [0, 0.05) is 0 Å². The highest BCUT2D eigenvalue weighted by molar-refractivity contribution is 9.10. The molecule has 0 radical (unpaired) electrons. The second kappa shape index (κ2) is 7.51. The molecule has 2 aromatic carbocycles. The summed E-state index contributed by atoms with van der Waals surface area (Å²) in [7, 11) is 4.51. The van der Waals surface area contributed by atoms with Gasteiger partial charge in [-0.15, -0.1) is 0 Å². The number of benzene rings is 2. The van der Waals surface area contributed by atoms with E-state index in [1.165, 1.54) is 32.7 Å². The molecule has 0 fully saturated rings. The van der Waals surface area contributed by atoms with Gasteiger partial charge in [0.25, 0.3) is 5.91 Å². The van der Waals surface area contributed by atoms with Crippen molar-refractivity contribution in [3.05, 3.63) is 39.9 Å². The SMILES string of the molecule is COc1cc(C(=O)Nc2nc3ccc(C)cc3s2)c(Br)c(OC)c1OC. The van der Waals surface area contributed by atoms with Crippen LogP contribution in [0, 0.1) is 6.92 Å². The molecule has 0 aliphatic carbocycles. The Labute approximate surface area is 163 Å². The largest absolute Gasteiger partial charge is 0.493 e. The minimum absolute atomic E-state index is 0.327. The second-order valence-electron chi connectivity index (χ2n) is 5.45. The van der Waals surface area contributed by atoms with Crippen LogP contribution in [0.15, 0.2) is 28.7 Å². The van der Waals surface area contributed by atoms with E-state index in [0.717, 1.165) is 15.8 Å². The first-order valence-corrected chi connectivity index (χ1v) is 9.26. The van der Waals surface area contributed by atoms with Gasteiger partial charge in [0.15, 0.2) is 16.6 Å². The van der Waals surface area contributed by atoms with Crippen LogP contribution in [0.25, 0.3) is 10.2 Å². The Morgan fingerprint density at radius 2 is 1.85 bits per heavy atom. The van der Waals surface area contributed by atoms with Gasteiger partial charge in [-0.05, 0) is 46.6 Å². The molecule has 0 bridgehead atoms. The van der Waals surface area contributed by atoms with Gasteiger partial charge in [0.2, 0.25) is 5.75 Å². The van der Waals surface area contributed by atoms with Crippen molar-refractivity contribution in [2.24, 2.45) is 0 Å². The summed E-state index contributed by atoms with van der Waals surface area (Å²) in [6.45, 7) is 2.02. The Bertz CT molecular complexity index is 987. The zero-order chi connectivity index (χ0) is 18.8. The first-order chi connectivity index (χ1) is 12.5. The molecule has 1 amide bonds. The Balaban J connectivity index is 1.98. The highest BCUT2D eigenvalue weighted by Crippen LogP contribution is 2.45. The molecule has 1 aromatic heterocycles. The van der Waals surface area contributed by atoms with Crippen LogP contribution in [0.2, 0.25) is 0 Å². The number of carbonyl (C=O) groups is 1. The molecule has 0 saturated heterocycles. The molecule has 8 heteroatoms. The van der Waals surface area contributed by atoms with E-state index in [4.69, 9.17) is 14.2 Å². The van der Waals surface area contributed by atoms with Crippen molar-refractivity contribution < 1.29 is 19.0 Å². The normalized spacial score (nSPS) is 10.7. The Hall–Kier alpha value is -2.32. The van der Waals surface area contributed by atoms with E-state index in [9.17, 15) is 4.79 Å². The minimum Gasteiger partial charge on any atom is -0.493 e. The lowest BCUT2D eigenvalue weighted by Crippen LogP contribution is -2.13. The van der Waals surface area contributed by atoms with Crippen molar-refractivity contribution in [2.75, 3.05) is 26.6 Å². The molecule has 3 rings (SSSR count). The van der Waals surface area contributed by atoms with E-state index < -0.39 is 0 Å². The lowest BCUT2D eigenvalue weighted by Gasteiger charge is -2.16. The van der Waals surface area contributed by atoms with Crippen molar-refractivity contribution >= 4 is 48.5 Å². The average molecular weight is 437 g/mol. The number of ether oxygens (including phenoxy) is 3. The molecule has 0 aliphatic rings. The van der Waals surface area contributed by atoms with Gasteiger partial charge in [0.05, 0.1) is 41.6 Å². The van der Waals surface area contributed by atoms with Crippen LogP contribution in [0.1, 0.15) is 15.9 Å². The smallest absolute Gasteiger partial charge is 0.258 e. The highest BCUT2D eigenvalue weighted by Gasteiger charge is 2.23. The maximum Gasteiger partial charge on any atom is 0.258 e. The number of thiazole rings is 1. The average Bonchev–Trinajstić information content (AvgIpc) is 3.02. The Morgan fingerprint density at radius 3 is 2.50 bits per heavy atom. The van der Waals surface area contributed by atoms with E-state index in [0.29, 0.717) is 32.4 Å². The fraction of sp³-hybridized carbons (Fsp3) is 0.222. The van der Waals surface area contributed by atoms with Crippen LogP contribution in [-0.4, -0.2) is 32.2 Å². The number of aromatic nitrogens is 1. The molecule has 1 N–H and O–H groups in total. The van der Waals surface area contributed by atoms with Crippen molar-refractivity contribution in [1.29, 1.82) is 0 Å². The van der Waals surface area contributed by atoms with Gasteiger partial charge in [-0.25, -0.2) is 4.98 Å². The van der Waals surface area contributed by atoms with Crippen molar-refractivity contribution in [2.45, 2.75) is 6.92 Å². The maximum atomic E-state index is 12.8. The topological polar surface area (TPSA) is 69.7 Å². The van der Waals surface area contributed by atoms with Crippen molar-refractivity contribution in [3.8, 4) is 17.2 Å². The first-order valence-electron chi connectivity index (χ1n) is 7.65. The fourth-order valence-corrected chi connectivity index (χ4v) is 4.13. The summed E-state index contributed by atoms with van der Waals surface area (Å²) in [6, 6.07) is 7.56. The second-order valence-corrected chi connectivity index (χ2v) is 7.27. The van der Waals surface area contributed by atoms with Gasteiger partial charge in [-0.3, -0.25) is 10.1 Å². The molecule has 0 spiro atoms. The number of hydrogen-bond donors (Lipinski definition) is 1. The number of amides is 1. The molecule has 6 nitrogen and oxygen atoms in total. The molecular formula is C18H17BrN2O4S. The molecule has 136 valence electrons. The molecule has 0 unspecified atom stereocenters. The summed E-state index contributed by atoms with van der Waals surface area (Å²) < 4.78 is 17.5. The summed E-state index contributed by atoms with van der Waals surface area (Å²) in [5.74, 6) is 0.871. The van der Waals surface area contributed by atoms with E-state index in [2.05, 4.69) is 26.2 Å². The van der Waals surface area contributed by atoms with E-state index in [-0.39, 0.29) is 5.91 Å². The molecule has 3 aromatic rings. The van der Waals surface area contributed by atoms with Gasteiger partial charge < -0.3 is 14.2 Å². The molecule has 1 heterocycles. The summed E-state index contributed by atoms with van der Waals surface area (Å²) in [5, 5.41) is 3.36. The van der Waals surface area contributed by atoms with Gasteiger partial charge in [-0.2, -0.15) is 0 Å². The Kier molecular flexibility index (Phi) is 5.33. The van der Waals surface area contributed by atoms with Crippen LogP contribution < -0.4 is 19.5 Å². The number of nitrogens with zero attached hydrogens (tertiary/aromatic N) is 1. The van der Waals surface area contributed by atoms with Gasteiger partial charge >= 0.3 is 0 Å². The van der Waals surface area contributed by atoms with Crippen LogP contribution in [0.3, 0.4) is 0 Å². The zero-order valence-corrected chi connectivity index (χ0v) is 17.1. The van der Waals surface area contributed by atoms with E-state index in [1.807, 2.05) is 25.1 Å². The van der Waals surface area contributed by atoms with Crippen LogP contribution in [-0.2, 0) is 0 Å². The molecular weight excluding hydrogens is 420 g/mol. The summed E-state index contributed by atoms with van der Waals surface area (Å²) in [4.78, 5) is 17.2. The third-order valence-corrected chi connectivity index (χ3v) is 5.50. The standard InChI is InChI=1S/C18H17BrN2O4S/c1-9-5-6-11-13(7-9)26-18(20-11)21-17(22)10-8-12(23-2)15(24-3)16(25-4)14(10)19/h5-8H,1-4H3,(H,20,21,22). The number of halogens is 1. The van der Waals surface area contributed by atoms with Crippen molar-refractivity contribution in [1.82, 2.24) is 4.98 Å². The molecule has 0 atom stereocenters. The fourth-order valence-electron chi connectivity index (χ4n) is 2.54. The zero-order valence-electron chi connectivity index (χ0n) is 14.7. The van der Waals surface area contributed by atoms with Gasteiger partial charge in [0.1, 0.15) is 0 Å². The number of methoxy groups -OCH3 is 3. The Morgan fingerprint density at radius 1 is 1.12 bits per heavy atom. The van der Waals surface area contributed by atoms with Gasteiger partial charge in [-0.1, -0.05) is 17.4 Å². The number of hydrogen-bond acceptors (Lipinski definition) is 6. The third kappa shape index (κ3) is 3.34. The lowest BCUT2D eigenvalue weighted by atomic mass is 10.1. The predicted molar refractivity (Wildman–Crippen MR) is 106 cm³/mol. The number of anilines is 1. The summed E-state index contributed by atoms with van der Waals surface area (Å²) in [6.07, 6.45) is 0. The number of aryl methyl sites for hydroxylation is 1.